The zero-order valence-electron chi connectivity index (χ0n) is 27.7. The van der Waals surface area contributed by atoms with Crippen molar-refractivity contribution in [2.75, 3.05) is 24.5 Å². The quantitative estimate of drug-likeness (QED) is 0.115. The summed E-state index contributed by atoms with van der Waals surface area (Å²) < 4.78 is 34.8. The van der Waals surface area contributed by atoms with Crippen LogP contribution in [0.4, 0.5) is 11.4 Å². The first kappa shape index (κ1) is 36.9. The predicted octanol–water partition coefficient (Wildman–Crippen LogP) is 6.17. The first-order chi connectivity index (χ1) is 23.3. The standard InChI is InChI=1S/C36H39ClN4O7S/c1-25(2)22-38-36(43)34(20-27-8-6-5-7-9-27)39(23-28-11-13-29(37)14-12-28)35(42)24-40(30-15-17-31(48-4)18-16-30)49(46,47)32-19-10-26(3)33(21-32)41(44)45/h5-19,21,25,34H,20,22-24H2,1-4H3,(H,38,43)/t34-/m1/s1. The highest BCUT2D eigenvalue weighted by Crippen LogP contribution is 2.30. The minimum absolute atomic E-state index is 0.0326. The van der Waals surface area contributed by atoms with E-state index < -0.39 is 39.3 Å². The molecule has 4 aromatic rings. The van der Waals surface area contributed by atoms with Crippen molar-refractivity contribution in [2.45, 2.75) is 44.7 Å². The molecule has 13 heteroatoms. The number of amides is 2. The molecule has 258 valence electrons. The van der Waals surface area contributed by atoms with E-state index in [-0.39, 0.29) is 40.7 Å². The number of nitro groups is 1. The fourth-order valence-corrected chi connectivity index (χ4v) is 6.67. The average molecular weight is 707 g/mol. The third-order valence-electron chi connectivity index (χ3n) is 7.83. The topological polar surface area (TPSA) is 139 Å². The van der Waals surface area contributed by atoms with Crippen molar-refractivity contribution in [3.63, 3.8) is 0 Å². The molecule has 2 amide bonds. The van der Waals surface area contributed by atoms with E-state index in [9.17, 15) is 28.1 Å². The zero-order valence-corrected chi connectivity index (χ0v) is 29.3. The van der Waals surface area contributed by atoms with Crippen LogP contribution in [0.3, 0.4) is 0 Å². The van der Waals surface area contributed by atoms with E-state index in [1.54, 1.807) is 36.4 Å². The van der Waals surface area contributed by atoms with E-state index in [4.69, 9.17) is 16.3 Å². The van der Waals surface area contributed by atoms with Gasteiger partial charge in [0.1, 0.15) is 18.3 Å². The van der Waals surface area contributed by atoms with Crippen molar-refractivity contribution in [3.8, 4) is 5.75 Å². The second-order valence-electron chi connectivity index (χ2n) is 11.9. The number of nitrogens with zero attached hydrogens (tertiary/aromatic N) is 3. The molecule has 0 radical (unpaired) electrons. The van der Waals surface area contributed by atoms with Crippen molar-refractivity contribution in [2.24, 2.45) is 5.92 Å². The minimum Gasteiger partial charge on any atom is -0.497 e. The van der Waals surface area contributed by atoms with Crippen molar-refractivity contribution >= 4 is 44.8 Å². The number of methoxy groups -OCH3 is 1. The minimum atomic E-state index is -4.56. The molecule has 0 aliphatic heterocycles. The highest BCUT2D eigenvalue weighted by Gasteiger charge is 2.35. The number of anilines is 1. The Morgan fingerprint density at radius 2 is 1.59 bits per heavy atom. The highest BCUT2D eigenvalue weighted by atomic mass is 35.5. The molecule has 0 aliphatic carbocycles. The van der Waals surface area contributed by atoms with Crippen LogP contribution >= 0.6 is 11.6 Å². The number of hydrogen-bond donors (Lipinski definition) is 1. The molecule has 0 aliphatic rings. The largest absolute Gasteiger partial charge is 0.497 e. The molecular formula is C36H39ClN4O7S. The van der Waals surface area contributed by atoms with E-state index in [0.29, 0.717) is 22.9 Å². The molecule has 0 aromatic heterocycles. The Labute approximate surface area is 291 Å². The highest BCUT2D eigenvalue weighted by molar-refractivity contribution is 7.92. The molecular weight excluding hydrogens is 668 g/mol. The number of carbonyl (C=O) groups excluding carboxylic acids is 2. The molecule has 0 unspecified atom stereocenters. The van der Waals surface area contributed by atoms with Gasteiger partial charge < -0.3 is 15.0 Å². The number of benzene rings is 4. The van der Waals surface area contributed by atoms with E-state index in [1.165, 1.54) is 43.2 Å². The van der Waals surface area contributed by atoms with Crippen LogP contribution in [0, 0.1) is 23.0 Å². The van der Waals surface area contributed by atoms with Crippen LogP contribution in [0.15, 0.2) is 102 Å². The number of nitrogens with one attached hydrogen (secondary N) is 1. The molecule has 0 heterocycles. The van der Waals surface area contributed by atoms with Crippen molar-refractivity contribution in [1.29, 1.82) is 0 Å². The number of hydrogen-bond acceptors (Lipinski definition) is 7. The Morgan fingerprint density at radius 3 is 2.18 bits per heavy atom. The molecule has 0 bridgehead atoms. The monoisotopic (exact) mass is 706 g/mol. The van der Waals surface area contributed by atoms with Crippen LogP contribution in [0.25, 0.3) is 0 Å². The second kappa shape index (κ2) is 16.4. The summed E-state index contributed by atoms with van der Waals surface area (Å²) in [5.41, 5.74) is 1.48. The van der Waals surface area contributed by atoms with Crippen molar-refractivity contribution < 1.29 is 27.7 Å². The van der Waals surface area contributed by atoms with Crippen LogP contribution in [-0.2, 0) is 32.6 Å². The number of halogens is 1. The van der Waals surface area contributed by atoms with E-state index in [1.807, 2.05) is 44.2 Å². The molecule has 0 fully saturated rings. The lowest BCUT2D eigenvalue weighted by Crippen LogP contribution is -2.53. The third kappa shape index (κ3) is 9.58. The van der Waals surface area contributed by atoms with Gasteiger partial charge in [-0.05, 0) is 66.4 Å². The first-order valence-corrected chi connectivity index (χ1v) is 17.4. The summed E-state index contributed by atoms with van der Waals surface area (Å²) >= 11 is 6.14. The maximum absolute atomic E-state index is 14.6. The molecule has 4 rings (SSSR count). The lowest BCUT2D eigenvalue weighted by molar-refractivity contribution is -0.385. The summed E-state index contributed by atoms with van der Waals surface area (Å²) in [6.07, 6.45) is 0.156. The van der Waals surface area contributed by atoms with Crippen LogP contribution in [-0.4, -0.2) is 56.3 Å². The summed E-state index contributed by atoms with van der Waals surface area (Å²) in [6, 6.07) is 24.7. The Kier molecular flexibility index (Phi) is 12.4. The lowest BCUT2D eigenvalue weighted by Gasteiger charge is -2.34. The van der Waals surface area contributed by atoms with Gasteiger partial charge in [0.05, 0.1) is 22.6 Å². The van der Waals surface area contributed by atoms with Gasteiger partial charge >= 0.3 is 0 Å². The Bertz CT molecular complexity index is 1870. The van der Waals surface area contributed by atoms with Crippen LogP contribution in [0.1, 0.15) is 30.5 Å². The molecule has 4 aromatic carbocycles. The Balaban J connectivity index is 1.83. The maximum Gasteiger partial charge on any atom is 0.273 e. The first-order valence-electron chi connectivity index (χ1n) is 15.6. The molecule has 0 spiro atoms. The summed E-state index contributed by atoms with van der Waals surface area (Å²) in [5.74, 6) is -0.479. The van der Waals surface area contributed by atoms with Gasteiger partial charge in [-0.25, -0.2) is 8.42 Å². The van der Waals surface area contributed by atoms with Crippen LogP contribution < -0.4 is 14.4 Å². The van der Waals surface area contributed by atoms with Gasteiger partial charge in [0.15, 0.2) is 0 Å². The zero-order chi connectivity index (χ0) is 35.7. The Hall–Kier alpha value is -4.94. The third-order valence-corrected chi connectivity index (χ3v) is 9.85. The van der Waals surface area contributed by atoms with Crippen molar-refractivity contribution in [3.05, 3.63) is 129 Å². The van der Waals surface area contributed by atoms with Gasteiger partial charge in [-0.15, -0.1) is 0 Å². The summed E-state index contributed by atoms with van der Waals surface area (Å²) in [6.45, 7) is 5.03. The average Bonchev–Trinajstić information content (AvgIpc) is 3.08. The fraction of sp³-hybridized carbons (Fsp3) is 0.278. The number of nitro benzene ring substituents is 1. The predicted molar refractivity (Wildman–Crippen MR) is 189 cm³/mol. The smallest absolute Gasteiger partial charge is 0.273 e. The lowest BCUT2D eigenvalue weighted by atomic mass is 10.0. The number of ether oxygens (including phenoxy) is 1. The van der Waals surface area contributed by atoms with Gasteiger partial charge in [0.2, 0.25) is 11.8 Å². The number of rotatable bonds is 15. The number of aryl methyl sites for hydroxylation is 1. The van der Waals surface area contributed by atoms with Crippen molar-refractivity contribution in [1.82, 2.24) is 10.2 Å². The molecule has 11 nitrogen and oxygen atoms in total. The van der Waals surface area contributed by atoms with E-state index in [0.717, 1.165) is 15.9 Å². The summed E-state index contributed by atoms with van der Waals surface area (Å²) in [5, 5.41) is 15.2. The summed E-state index contributed by atoms with van der Waals surface area (Å²) in [4.78, 5) is 40.5. The SMILES string of the molecule is COc1ccc(N(CC(=O)N(Cc2ccc(Cl)cc2)[C@H](Cc2ccccc2)C(=O)NCC(C)C)S(=O)(=O)c2ccc(C)c([N+](=O)[O-])c2)cc1. The molecule has 49 heavy (non-hydrogen) atoms. The van der Waals surface area contributed by atoms with E-state index >= 15 is 0 Å². The normalized spacial score (nSPS) is 11.9. The number of carbonyl (C=O) groups is 2. The summed E-state index contributed by atoms with van der Waals surface area (Å²) in [7, 11) is -3.09. The molecule has 1 atom stereocenters. The van der Waals surface area contributed by atoms with Gasteiger partial charge in [-0.2, -0.15) is 0 Å². The molecule has 0 saturated carbocycles. The number of sulfonamides is 1. The van der Waals surface area contributed by atoms with Gasteiger partial charge in [0.25, 0.3) is 15.7 Å². The van der Waals surface area contributed by atoms with E-state index in [2.05, 4.69) is 5.32 Å². The van der Waals surface area contributed by atoms with Crippen LogP contribution in [0.2, 0.25) is 5.02 Å². The molecule has 1 N–H and O–H groups in total. The van der Waals surface area contributed by atoms with Gasteiger partial charge in [-0.1, -0.05) is 74.0 Å². The fourth-order valence-electron chi connectivity index (χ4n) is 5.11. The van der Waals surface area contributed by atoms with Crippen LogP contribution in [0.5, 0.6) is 5.75 Å². The maximum atomic E-state index is 14.6. The Morgan fingerprint density at radius 1 is 0.939 bits per heavy atom. The second-order valence-corrected chi connectivity index (χ2v) is 14.2. The van der Waals surface area contributed by atoms with Gasteiger partial charge in [-0.3, -0.25) is 24.0 Å². The van der Waals surface area contributed by atoms with Gasteiger partial charge in [0, 0.05) is 36.2 Å². The molecule has 0 saturated heterocycles.